The number of fused-ring (bicyclic) bond motifs is 1. The number of benzene rings is 1. The zero-order valence-corrected chi connectivity index (χ0v) is 13.5. The van der Waals surface area contributed by atoms with Gasteiger partial charge in [0.1, 0.15) is 5.41 Å². The van der Waals surface area contributed by atoms with Gasteiger partial charge in [-0.05, 0) is 38.0 Å². The second-order valence-corrected chi connectivity index (χ2v) is 6.01. The van der Waals surface area contributed by atoms with Crippen LogP contribution in [0.3, 0.4) is 0 Å². The molecule has 23 heavy (non-hydrogen) atoms. The number of aryl methyl sites for hydroxylation is 1. The van der Waals surface area contributed by atoms with Crippen LogP contribution in [0.1, 0.15) is 32.6 Å². The minimum atomic E-state index is -1.04. The molecule has 0 saturated heterocycles. The van der Waals surface area contributed by atoms with Gasteiger partial charge in [-0.2, -0.15) is 5.10 Å². The van der Waals surface area contributed by atoms with E-state index < -0.39 is 11.4 Å². The van der Waals surface area contributed by atoms with E-state index in [2.05, 4.69) is 10.4 Å². The molecule has 1 aliphatic carbocycles. The number of rotatable bonds is 4. The molecule has 1 fully saturated rings. The molecule has 0 aliphatic heterocycles. The Labute approximate surface area is 134 Å². The molecule has 6 nitrogen and oxygen atoms in total. The lowest BCUT2D eigenvalue weighted by molar-refractivity contribution is -0.159. The Kier molecular flexibility index (Phi) is 4.07. The molecule has 0 atom stereocenters. The summed E-state index contributed by atoms with van der Waals surface area (Å²) in [4.78, 5) is 25.1. The van der Waals surface area contributed by atoms with Gasteiger partial charge in [0.05, 0.1) is 18.3 Å². The number of aromatic nitrogens is 2. The number of esters is 1. The van der Waals surface area contributed by atoms with E-state index >= 15 is 0 Å². The third kappa shape index (κ3) is 2.69. The topological polar surface area (TPSA) is 73.2 Å². The summed E-state index contributed by atoms with van der Waals surface area (Å²) < 4.78 is 6.92. The second-order valence-electron chi connectivity index (χ2n) is 6.01. The molecule has 0 bridgehead atoms. The fourth-order valence-corrected chi connectivity index (χ4v) is 3.26. The van der Waals surface area contributed by atoms with Crippen LogP contribution < -0.4 is 5.32 Å². The van der Waals surface area contributed by atoms with Crippen LogP contribution in [0.15, 0.2) is 24.4 Å². The van der Waals surface area contributed by atoms with E-state index in [9.17, 15) is 9.59 Å². The zero-order chi connectivity index (χ0) is 16.4. The standard InChI is InChI=1S/C17H21N3O3/c1-3-23-16(22)17(8-4-5-9-17)15(21)19-13-6-7-14-12(10-13)11-18-20(14)2/h6-7,10-11H,3-5,8-9H2,1-2H3,(H,19,21). The Bertz CT molecular complexity index is 745. The third-order valence-corrected chi connectivity index (χ3v) is 4.56. The lowest BCUT2D eigenvalue weighted by atomic mass is 9.85. The van der Waals surface area contributed by atoms with Crippen molar-refractivity contribution in [2.75, 3.05) is 11.9 Å². The third-order valence-electron chi connectivity index (χ3n) is 4.56. The quantitative estimate of drug-likeness (QED) is 0.695. The number of anilines is 1. The summed E-state index contributed by atoms with van der Waals surface area (Å²) in [5.41, 5.74) is 0.620. The maximum Gasteiger partial charge on any atom is 0.321 e. The molecule has 1 heterocycles. The highest BCUT2D eigenvalue weighted by atomic mass is 16.5. The number of hydrogen-bond acceptors (Lipinski definition) is 4. The Morgan fingerprint density at radius 1 is 1.35 bits per heavy atom. The van der Waals surface area contributed by atoms with Crippen LogP contribution in [0.5, 0.6) is 0 Å². The number of hydrogen-bond donors (Lipinski definition) is 1. The summed E-state index contributed by atoms with van der Waals surface area (Å²) in [7, 11) is 1.87. The molecule has 6 heteroatoms. The van der Waals surface area contributed by atoms with Crippen LogP contribution in [-0.4, -0.2) is 28.3 Å². The van der Waals surface area contributed by atoms with Gasteiger partial charge in [-0.1, -0.05) is 12.8 Å². The Balaban J connectivity index is 1.84. The predicted octanol–water partition coefficient (Wildman–Crippen LogP) is 2.64. The first-order chi connectivity index (χ1) is 11.1. The highest BCUT2D eigenvalue weighted by Crippen LogP contribution is 2.40. The van der Waals surface area contributed by atoms with Gasteiger partial charge in [0.25, 0.3) is 0 Å². The molecule has 1 aromatic heterocycles. The molecule has 2 aromatic rings. The van der Waals surface area contributed by atoms with E-state index in [1.807, 2.05) is 25.2 Å². The molecule has 3 rings (SSSR count). The molecule has 1 amide bonds. The Morgan fingerprint density at radius 3 is 2.78 bits per heavy atom. The largest absolute Gasteiger partial charge is 0.465 e. The number of ether oxygens (including phenoxy) is 1. The fraction of sp³-hybridized carbons (Fsp3) is 0.471. The lowest BCUT2D eigenvalue weighted by Crippen LogP contribution is -2.42. The number of carbonyl (C=O) groups excluding carboxylic acids is 2. The van der Waals surface area contributed by atoms with E-state index in [1.54, 1.807) is 17.8 Å². The van der Waals surface area contributed by atoms with Crippen LogP contribution in [0.25, 0.3) is 10.9 Å². The lowest BCUT2D eigenvalue weighted by Gasteiger charge is -2.25. The van der Waals surface area contributed by atoms with Crippen molar-refractivity contribution in [1.82, 2.24) is 9.78 Å². The molecular weight excluding hydrogens is 294 g/mol. The van der Waals surface area contributed by atoms with E-state index in [4.69, 9.17) is 4.74 Å². The summed E-state index contributed by atoms with van der Waals surface area (Å²) in [6.07, 6.45) is 4.59. The van der Waals surface area contributed by atoms with Crippen molar-refractivity contribution in [2.24, 2.45) is 12.5 Å². The maximum absolute atomic E-state index is 12.8. The monoisotopic (exact) mass is 315 g/mol. The molecule has 1 saturated carbocycles. The van der Waals surface area contributed by atoms with E-state index in [0.29, 0.717) is 18.5 Å². The van der Waals surface area contributed by atoms with E-state index in [-0.39, 0.29) is 12.5 Å². The van der Waals surface area contributed by atoms with Gasteiger partial charge < -0.3 is 10.1 Å². The van der Waals surface area contributed by atoms with Crippen LogP contribution in [0, 0.1) is 5.41 Å². The molecule has 122 valence electrons. The van der Waals surface area contributed by atoms with Gasteiger partial charge in [0.2, 0.25) is 5.91 Å². The normalized spacial score (nSPS) is 16.4. The first kappa shape index (κ1) is 15.5. The molecule has 1 N–H and O–H groups in total. The van der Waals surface area contributed by atoms with Gasteiger partial charge >= 0.3 is 5.97 Å². The smallest absolute Gasteiger partial charge is 0.321 e. The molecule has 1 aliphatic rings. The van der Waals surface area contributed by atoms with Crippen LogP contribution in [0.2, 0.25) is 0 Å². The van der Waals surface area contributed by atoms with Crippen molar-refractivity contribution in [2.45, 2.75) is 32.6 Å². The zero-order valence-electron chi connectivity index (χ0n) is 13.5. The SMILES string of the molecule is CCOC(=O)C1(C(=O)Nc2ccc3c(cnn3C)c2)CCCC1. The van der Waals surface area contributed by atoms with Crippen LogP contribution >= 0.6 is 0 Å². The minimum absolute atomic E-state index is 0.267. The molecule has 0 unspecified atom stereocenters. The van der Waals surface area contributed by atoms with E-state index in [0.717, 1.165) is 23.7 Å². The molecule has 0 radical (unpaired) electrons. The van der Waals surface area contributed by atoms with Gasteiger partial charge in [-0.15, -0.1) is 0 Å². The summed E-state index contributed by atoms with van der Waals surface area (Å²) in [6.45, 7) is 2.05. The number of nitrogens with one attached hydrogen (secondary N) is 1. The van der Waals surface area contributed by atoms with Crippen molar-refractivity contribution in [3.8, 4) is 0 Å². The summed E-state index contributed by atoms with van der Waals surface area (Å²) >= 11 is 0. The van der Waals surface area contributed by atoms with Crippen LogP contribution in [-0.2, 0) is 21.4 Å². The number of carbonyl (C=O) groups is 2. The first-order valence-corrected chi connectivity index (χ1v) is 7.97. The number of amides is 1. The van der Waals surface area contributed by atoms with Crippen molar-refractivity contribution in [3.05, 3.63) is 24.4 Å². The van der Waals surface area contributed by atoms with Gasteiger partial charge in [0, 0.05) is 18.1 Å². The molecular formula is C17H21N3O3. The number of nitrogens with zero attached hydrogens (tertiary/aromatic N) is 2. The molecule has 1 aromatic carbocycles. The first-order valence-electron chi connectivity index (χ1n) is 7.97. The van der Waals surface area contributed by atoms with Crippen molar-refractivity contribution >= 4 is 28.5 Å². The average Bonchev–Trinajstić information content (AvgIpc) is 3.16. The minimum Gasteiger partial charge on any atom is -0.465 e. The summed E-state index contributed by atoms with van der Waals surface area (Å²) in [5.74, 6) is -0.672. The summed E-state index contributed by atoms with van der Waals surface area (Å²) in [5, 5.41) is 8.02. The van der Waals surface area contributed by atoms with Crippen molar-refractivity contribution in [3.63, 3.8) is 0 Å². The van der Waals surface area contributed by atoms with Crippen molar-refractivity contribution in [1.29, 1.82) is 0 Å². The highest BCUT2D eigenvalue weighted by molar-refractivity contribution is 6.09. The maximum atomic E-state index is 12.8. The predicted molar refractivity (Wildman–Crippen MR) is 86.9 cm³/mol. The Hall–Kier alpha value is -2.37. The highest BCUT2D eigenvalue weighted by Gasteiger charge is 2.49. The van der Waals surface area contributed by atoms with E-state index in [1.165, 1.54) is 0 Å². The van der Waals surface area contributed by atoms with Gasteiger partial charge in [-0.3, -0.25) is 14.3 Å². The Morgan fingerprint density at radius 2 is 2.09 bits per heavy atom. The van der Waals surface area contributed by atoms with Gasteiger partial charge in [-0.25, -0.2) is 0 Å². The van der Waals surface area contributed by atoms with Gasteiger partial charge in [0.15, 0.2) is 0 Å². The average molecular weight is 315 g/mol. The van der Waals surface area contributed by atoms with Crippen molar-refractivity contribution < 1.29 is 14.3 Å². The molecule has 0 spiro atoms. The summed E-state index contributed by atoms with van der Waals surface area (Å²) in [6, 6.07) is 5.60. The van der Waals surface area contributed by atoms with Crippen LogP contribution in [0.4, 0.5) is 5.69 Å². The fourth-order valence-electron chi connectivity index (χ4n) is 3.26. The second kappa shape index (κ2) is 6.02.